The number of benzene rings is 1. The van der Waals surface area contributed by atoms with Crippen molar-refractivity contribution in [2.75, 3.05) is 19.6 Å². The highest BCUT2D eigenvalue weighted by Gasteiger charge is 2.17. The summed E-state index contributed by atoms with van der Waals surface area (Å²) in [5.41, 5.74) is 3.20. The minimum absolute atomic E-state index is 0.0133. The van der Waals surface area contributed by atoms with Crippen molar-refractivity contribution in [1.29, 1.82) is 0 Å². The van der Waals surface area contributed by atoms with E-state index in [1.807, 2.05) is 19.1 Å². The molecular formula is C19H25N3OS. The molecule has 4 nitrogen and oxygen atoms in total. The first kappa shape index (κ1) is 17.1. The third kappa shape index (κ3) is 4.22. The lowest BCUT2D eigenvalue weighted by atomic mass is 10.1. The highest BCUT2D eigenvalue weighted by atomic mass is 32.1. The van der Waals surface area contributed by atoms with Crippen molar-refractivity contribution < 1.29 is 4.79 Å². The minimum atomic E-state index is -0.0133. The second kappa shape index (κ2) is 7.90. The molecule has 1 saturated heterocycles. The number of nitrogens with zero attached hydrogens (tertiary/aromatic N) is 2. The van der Waals surface area contributed by atoms with E-state index >= 15 is 0 Å². The number of carbonyl (C=O) groups is 1. The number of hydrogen-bond acceptors (Lipinski definition) is 4. The lowest BCUT2D eigenvalue weighted by Gasteiger charge is -2.12. The Morgan fingerprint density at radius 2 is 2.00 bits per heavy atom. The number of aryl methyl sites for hydroxylation is 2. The van der Waals surface area contributed by atoms with Crippen LogP contribution in [-0.2, 0) is 13.0 Å². The van der Waals surface area contributed by atoms with Gasteiger partial charge in [0.1, 0.15) is 4.88 Å². The molecule has 3 rings (SSSR count). The van der Waals surface area contributed by atoms with E-state index in [9.17, 15) is 4.79 Å². The van der Waals surface area contributed by atoms with Crippen molar-refractivity contribution in [3.8, 4) is 0 Å². The van der Waals surface area contributed by atoms with Crippen LogP contribution in [0.2, 0.25) is 0 Å². The molecule has 0 atom stereocenters. The van der Waals surface area contributed by atoms with E-state index in [1.165, 1.54) is 31.5 Å². The number of amides is 1. The number of aromatic nitrogens is 1. The van der Waals surface area contributed by atoms with Crippen LogP contribution in [0.4, 0.5) is 0 Å². The standard InChI is InChI=1S/C19H25N3OS/c1-14-7-3-4-8-16(14)13-20-19(23)18-15(2)21-17(24-18)9-12-22-10-5-6-11-22/h3-4,7-8H,5-6,9-13H2,1-2H3,(H,20,23). The minimum Gasteiger partial charge on any atom is -0.347 e. The van der Waals surface area contributed by atoms with Crippen LogP contribution in [0.1, 0.15) is 44.3 Å². The second-order valence-electron chi connectivity index (χ2n) is 6.43. The van der Waals surface area contributed by atoms with Crippen LogP contribution in [0.5, 0.6) is 0 Å². The maximum absolute atomic E-state index is 12.5. The lowest BCUT2D eigenvalue weighted by Crippen LogP contribution is -2.23. The van der Waals surface area contributed by atoms with E-state index in [0.717, 1.165) is 34.1 Å². The van der Waals surface area contributed by atoms with Gasteiger partial charge in [-0.15, -0.1) is 11.3 Å². The highest BCUT2D eigenvalue weighted by Crippen LogP contribution is 2.20. The van der Waals surface area contributed by atoms with Gasteiger partial charge in [0, 0.05) is 19.5 Å². The summed E-state index contributed by atoms with van der Waals surface area (Å²) in [6.45, 7) is 8.01. The molecule has 128 valence electrons. The van der Waals surface area contributed by atoms with Crippen molar-refractivity contribution in [1.82, 2.24) is 15.2 Å². The molecule has 0 aliphatic carbocycles. The summed E-state index contributed by atoms with van der Waals surface area (Å²) in [5, 5.41) is 4.10. The Morgan fingerprint density at radius 1 is 1.25 bits per heavy atom. The molecule has 2 aromatic rings. The molecular weight excluding hydrogens is 318 g/mol. The molecule has 1 aromatic heterocycles. The largest absolute Gasteiger partial charge is 0.347 e. The topological polar surface area (TPSA) is 45.2 Å². The first-order valence-electron chi connectivity index (χ1n) is 8.65. The van der Waals surface area contributed by atoms with Crippen LogP contribution < -0.4 is 5.32 Å². The highest BCUT2D eigenvalue weighted by molar-refractivity contribution is 7.13. The molecule has 0 spiro atoms. The molecule has 1 aliphatic heterocycles. The summed E-state index contributed by atoms with van der Waals surface area (Å²) >= 11 is 1.54. The third-order valence-corrected chi connectivity index (χ3v) is 5.80. The van der Waals surface area contributed by atoms with Gasteiger partial charge in [-0.25, -0.2) is 4.98 Å². The second-order valence-corrected chi connectivity index (χ2v) is 7.51. The first-order valence-corrected chi connectivity index (χ1v) is 9.46. The van der Waals surface area contributed by atoms with E-state index < -0.39 is 0 Å². The Bertz CT molecular complexity index is 704. The van der Waals surface area contributed by atoms with E-state index in [4.69, 9.17) is 0 Å². The Kier molecular flexibility index (Phi) is 5.63. The summed E-state index contributed by atoms with van der Waals surface area (Å²) in [6.07, 6.45) is 3.56. The third-order valence-electron chi connectivity index (χ3n) is 4.59. The quantitative estimate of drug-likeness (QED) is 0.875. The van der Waals surface area contributed by atoms with Crippen molar-refractivity contribution >= 4 is 17.2 Å². The lowest BCUT2D eigenvalue weighted by molar-refractivity contribution is 0.0954. The maximum Gasteiger partial charge on any atom is 0.263 e. The van der Waals surface area contributed by atoms with E-state index in [1.54, 1.807) is 11.3 Å². The van der Waals surface area contributed by atoms with Gasteiger partial charge in [-0.05, 0) is 50.9 Å². The number of carbonyl (C=O) groups excluding carboxylic acids is 1. The van der Waals surface area contributed by atoms with Gasteiger partial charge in [-0.1, -0.05) is 24.3 Å². The first-order chi connectivity index (χ1) is 11.6. The van der Waals surface area contributed by atoms with Gasteiger partial charge >= 0.3 is 0 Å². The van der Waals surface area contributed by atoms with Gasteiger partial charge in [0.05, 0.1) is 10.7 Å². The van der Waals surface area contributed by atoms with Crippen LogP contribution in [-0.4, -0.2) is 35.4 Å². The summed E-state index contributed by atoms with van der Waals surface area (Å²) in [4.78, 5) is 20.3. The summed E-state index contributed by atoms with van der Waals surface area (Å²) < 4.78 is 0. The molecule has 2 heterocycles. The van der Waals surface area contributed by atoms with Gasteiger partial charge < -0.3 is 10.2 Å². The molecule has 0 radical (unpaired) electrons. The van der Waals surface area contributed by atoms with Gasteiger partial charge in [0.25, 0.3) is 5.91 Å². The fourth-order valence-electron chi connectivity index (χ4n) is 3.09. The Balaban J connectivity index is 1.57. The van der Waals surface area contributed by atoms with Crippen LogP contribution in [0, 0.1) is 13.8 Å². The summed E-state index contributed by atoms with van der Waals surface area (Å²) in [5.74, 6) is -0.0133. The van der Waals surface area contributed by atoms with E-state index in [0.29, 0.717) is 6.54 Å². The molecule has 1 fully saturated rings. The molecule has 1 N–H and O–H groups in total. The smallest absolute Gasteiger partial charge is 0.263 e. The molecule has 1 aromatic carbocycles. The fraction of sp³-hybridized carbons (Fsp3) is 0.474. The van der Waals surface area contributed by atoms with Crippen LogP contribution >= 0.6 is 11.3 Å². The zero-order valence-electron chi connectivity index (χ0n) is 14.5. The maximum atomic E-state index is 12.5. The van der Waals surface area contributed by atoms with Crippen molar-refractivity contribution in [3.63, 3.8) is 0 Å². The number of nitrogens with one attached hydrogen (secondary N) is 1. The Labute approximate surface area is 147 Å². The van der Waals surface area contributed by atoms with E-state index in [2.05, 4.69) is 34.3 Å². The number of rotatable bonds is 6. The number of likely N-dealkylation sites (tertiary alicyclic amines) is 1. The number of thiazole rings is 1. The molecule has 1 aliphatic rings. The predicted molar refractivity (Wildman–Crippen MR) is 98.6 cm³/mol. The molecule has 5 heteroatoms. The Morgan fingerprint density at radius 3 is 2.75 bits per heavy atom. The van der Waals surface area contributed by atoms with Crippen LogP contribution in [0.25, 0.3) is 0 Å². The summed E-state index contributed by atoms with van der Waals surface area (Å²) in [7, 11) is 0. The molecule has 0 unspecified atom stereocenters. The van der Waals surface area contributed by atoms with Gasteiger partial charge in [-0.3, -0.25) is 4.79 Å². The average molecular weight is 343 g/mol. The molecule has 0 bridgehead atoms. The van der Waals surface area contributed by atoms with Crippen molar-refractivity contribution in [3.05, 3.63) is 51.0 Å². The van der Waals surface area contributed by atoms with Gasteiger partial charge in [0.2, 0.25) is 0 Å². The molecule has 1 amide bonds. The zero-order chi connectivity index (χ0) is 16.9. The van der Waals surface area contributed by atoms with Gasteiger partial charge in [-0.2, -0.15) is 0 Å². The normalized spacial score (nSPS) is 14.9. The fourth-order valence-corrected chi connectivity index (χ4v) is 4.06. The monoisotopic (exact) mass is 343 g/mol. The molecule has 24 heavy (non-hydrogen) atoms. The predicted octanol–water partition coefficient (Wildman–Crippen LogP) is 3.33. The van der Waals surface area contributed by atoms with E-state index in [-0.39, 0.29) is 5.91 Å². The average Bonchev–Trinajstić information content (AvgIpc) is 3.21. The van der Waals surface area contributed by atoms with Crippen LogP contribution in [0.15, 0.2) is 24.3 Å². The number of hydrogen-bond donors (Lipinski definition) is 1. The molecule has 0 saturated carbocycles. The van der Waals surface area contributed by atoms with Crippen molar-refractivity contribution in [2.24, 2.45) is 0 Å². The zero-order valence-corrected chi connectivity index (χ0v) is 15.3. The van der Waals surface area contributed by atoms with Crippen LogP contribution in [0.3, 0.4) is 0 Å². The summed E-state index contributed by atoms with van der Waals surface area (Å²) in [6, 6.07) is 8.13. The van der Waals surface area contributed by atoms with Gasteiger partial charge in [0.15, 0.2) is 0 Å². The Hall–Kier alpha value is -1.72. The SMILES string of the molecule is Cc1ccccc1CNC(=O)c1sc(CCN2CCCC2)nc1C. The van der Waals surface area contributed by atoms with Crippen molar-refractivity contribution in [2.45, 2.75) is 39.7 Å².